The van der Waals surface area contributed by atoms with E-state index in [1.807, 2.05) is 0 Å². The third kappa shape index (κ3) is 3.65. The van der Waals surface area contributed by atoms with E-state index < -0.39 is 5.91 Å². The van der Waals surface area contributed by atoms with E-state index in [-0.39, 0.29) is 17.4 Å². The van der Waals surface area contributed by atoms with Gasteiger partial charge in [-0.05, 0) is 49.6 Å². The van der Waals surface area contributed by atoms with Crippen molar-refractivity contribution in [1.29, 1.82) is 0 Å². The number of pyridine rings is 1. The zero-order valence-corrected chi connectivity index (χ0v) is 15.8. The Balaban J connectivity index is 1.62. The molecule has 0 radical (unpaired) electrons. The summed E-state index contributed by atoms with van der Waals surface area (Å²) in [4.78, 5) is 21.4. The van der Waals surface area contributed by atoms with Gasteiger partial charge in [-0.2, -0.15) is 0 Å². The normalized spacial score (nSPS) is 16.0. The minimum Gasteiger partial charge on any atom is -0.366 e. The molecule has 1 aromatic carbocycles. The maximum atomic E-state index is 13.2. The van der Waals surface area contributed by atoms with Crippen molar-refractivity contribution in [2.45, 2.75) is 25.3 Å². The Morgan fingerprint density at radius 1 is 1.33 bits per heavy atom. The number of nitrogens with one attached hydrogen (secondary N) is 1. The Kier molecular flexibility index (Phi) is 4.80. The van der Waals surface area contributed by atoms with E-state index in [1.165, 1.54) is 24.4 Å². The summed E-state index contributed by atoms with van der Waals surface area (Å²) in [6.45, 7) is 0. The number of carbonyl (C=O) groups excluding carboxylic acids is 1. The summed E-state index contributed by atoms with van der Waals surface area (Å²) in [5.41, 5.74) is 7.48. The molecule has 3 N–H and O–H groups in total. The lowest BCUT2D eigenvalue weighted by atomic mass is 9.98. The van der Waals surface area contributed by atoms with E-state index in [2.05, 4.69) is 10.3 Å². The molecule has 0 fully saturated rings. The highest BCUT2D eigenvalue weighted by atomic mass is 35.5. The SMILES string of the molecule is NC(=O)c1cnc(NC2CCCc3nc(-c4ccc(F)cc4)sc32)c(Cl)c1. The largest absolute Gasteiger partial charge is 0.366 e. The number of thiazole rings is 1. The summed E-state index contributed by atoms with van der Waals surface area (Å²) in [5, 5.41) is 4.58. The number of primary amides is 1. The minimum absolute atomic E-state index is 0.0323. The Hall–Kier alpha value is -2.51. The smallest absolute Gasteiger partial charge is 0.250 e. The standard InChI is InChI=1S/C19H16ClFN4OS/c20-13-8-11(17(22)26)9-23-18(13)24-14-2-1-3-15-16(14)27-19(25-15)10-4-6-12(21)7-5-10/h4-9,14H,1-3H2,(H2,22,26)(H,23,24). The van der Waals surface area contributed by atoms with Gasteiger partial charge in [0.15, 0.2) is 0 Å². The van der Waals surface area contributed by atoms with Crippen molar-refractivity contribution in [1.82, 2.24) is 9.97 Å². The number of carbonyl (C=O) groups is 1. The molecule has 0 bridgehead atoms. The quantitative estimate of drug-likeness (QED) is 0.669. The number of anilines is 1. The first-order valence-electron chi connectivity index (χ1n) is 8.48. The molecule has 3 aromatic rings. The van der Waals surface area contributed by atoms with E-state index in [0.717, 1.165) is 40.4 Å². The van der Waals surface area contributed by atoms with Crippen LogP contribution in [0.5, 0.6) is 0 Å². The van der Waals surface area contributed by atoms with Crippen molar-refractivity contribution in [3.05, 3.63) is 63.5 Å². The molecule has 8 heteroatoms. The number of benzene rings is 1. The highest BCUT2D eigenvalue weighted by Gasteiger charge is 2.26. The highest BCUT2D eigenvalue weighted by Crippen LogP contribution is 2.40. The molecule has 5 nitrogen and oxygen atoms in total. The molecule has 1 aliphatic carbocycles. The van der Waals surface area contributed by atoms with Crippen molar-refractivity contribution in [3.63, 3.8) is 0 Å². The highest BCUT2D eigenvalue weighted by molar-refractivity contribution is 7.15. The van der Waals surface area contributed by atoms with Gasteiger partial charge in [0, 0.05) is 11.8 Å². The van der Waals surface area contributed by atoms with Crippen LogP contribution in [0, 0.1) is 5.82 Å². The van der Waals surface area contributed by atoms with Crippen LogP contribution in [-0.2, 0) is 6.42 Å². The van der Waals surface area contributed by atoms with Crippen molar-refractivity contribution >= 4 is 34.7 Å². The summed E-state index contributed by atoms with van der Waals surface area (Å²) in [7, 11) is 0. The molecule has 2 heterocycles. The van der Waals surface area contributed by atoms with Gasteiger partial charge in [0.2, 0.25) is 5.91 Å². The third-order valence-corrected chi connectivity index (χ3v) is 6.03. The molecule has 1 atom stereocenters. The lowest BCUT2D eigenvalue weighted by Crippen LogP contribution is -2.17. The zero-order chi connectivity index (χ0) is 19.0. The number of rotatable bonds is 4. The van der Waals surface area contributed by atoms with Gasteiger partial charge in [-0.15, -0.1) is 11.3 Å². The Bertz CT molecular complexity index is 1010. The van der Waals surface area contributed by atoms with Gasteiger partial charge in [0.05, 0.1) is 27.2 Å². The van der Waals surface area contributed by atoms with Crippen LogP contribution in [0.1, 0.15) is 39.8 Å². The van der Waals surface area contributed by atoms with Crippen LogP contribution in [0.3, 0.4) is 0 Å². The Morgan fingerprint density at radius 2 is 2.11 bits per heavy atom. The van der Waals surface area contributed by atoms with Crippen LogP contribution in [0.2, 0.25) is 5.02 Å². The summed E-state index contributed by atoms with van der Waals surface area (Å²) >= 11 is 7.85. The van der Waals surface area contributed by atoms with Crippen molar-refractivity contribution in [2.75, 3.05) is 5.32 Å². The molecule has 0 aliphatic heterocycles. The molecule has 138 valence electrons. The molecule has 1 aliphatic rings. The average Bonchev–Trinajstić information content (AvgIpc) is 3.09. The van der Waals surface area contributed by atoms with E-state index >= 15 is 0 Å². The predicted octanol–water partition coefficient (Wildman–Crippen LogP) is 4.59. The maximum absolute atomic E-state index is 13.2. The molecule has 4 rings (SSSR count). The summed E-state index contributed by atoms with van der Waals surface area (Å²) in [6, 6.07) is 7.90. The number of nitrogens with zero attached hydrogens (tertiary/aromatic N) is 2. The van der Waals surface area contributed by atoms with Gasteiger partial charge in [-0.25, -0.2) is 14.4 Å². The number of hydrogen-bond acceptors (Lipinski definition) is 5. The fraction of sp³-hybridized carbons (Fsp3) is 0.211. The topological polar surface area (TPSA) is 80.9 Å². The van der Waals surface area contributed by atoms with Crippen molar-refractivity contribution < 1.29 is 9.18 Å². The lowest BCUT2D eigenvalue weighted by molar-refractivity contribution is 0.1000. The minimum atomic E-state index is -0.567. The number of aryl methyl sites for hydroxylation is 1. The summed E-state index contributed by atoms with van der Waals surface area (Å²) < 4.78 is 13.2. The summed E-state index contributed by atoms with van der Waals surface area (Å²) in [5.74, 6) is -0.321. The monoisotopic (exact) mass is 402 g/mol. The first-order valence-corrected chi connectivity index (χ1v) is 9.68. The number of amides is 1. The van der Waals surface area contributed by atoms with E-state index in [9.17, 15) is 9.18 Å². The van der Waals surface area contributed by atoms with Gasteiger partial charge < -0.3 is 11.1 Å². The van der Waals surface area contributed by atoms with E-state index in [1.54, 1.807) is 23.5 Å². The molecule has 0 spiro atoms. The number of halogens is 2. The third-order valence-electron chi connectivity index (χ3n) is 4.48. The molecular formula is C19H16ClFN4OS. The molecule has 0 saturated carbocycles. The molecular weight excluding hydrogens is 387 g/mol. The molecule has 0 saturated heterocycles. The van der Waals surface area contributed by atoms with Gasteiger partial charge in [-0.1, -0.05) is 11.6 Å². The lowest BCUT2D eigenvalue weighted by Gasteiger charge is -2.23. The molecule has 2 aromatic heterocycles. The van der Waals surface area contributed by atoms with Crippen LogP contribution >= 0.6 is 22.9 Å². The number of aromatic nitrogens is 2. The van der Waals surface area contributed by atoms with E-state index in [0.29, 0.717) is 10.8 Å². The summed E-state index contributed by atoms with van der Waals surface area (Å²) in [6.07, 6.45) is 4.24. The molecule has 1 unspecified atom stereocenters. The van der Waals surface area contributed by atoms with Gasteiger partial charge >= 0.3 is 0 Å². The maximum Gasteiger partial charge on any atom is 0.250 e. The first kappa shape index (κ1) is 17.9. The van der Waals surface area contributed by atoms with Gasteiger partial charge in [0.25, 0.3) is 0 Å². The first-order chi connectivity index (χ1) is 13.0. The fourth-order valence-electron chi connectivity index (χ4n) is 3.12. The molecule has 27 heavy (non-hydrogen) atoms. The zero-order valence-electron chi connectivity index (χ0n) is 14.2. The van der Waals surface area contributed by atoms with Crippen LogP contribution in [0.15, 0.2) is 36.5 Å². The average molecular weight is 403 g/mol. The van der Waals surface area contributed by atoms with Crippen LogP contribution in [0.4, 0.5) is 10.2 Å². The Morgan fingerprint density at radius 3 is 2.81 bits per heavy atom. The Labute approximate surface area is 164 Å². The second-order valence-corrected chi connectivity index (χ2v) is 7.78. The number of nitrogens with two attached hydrogens (primary N) is 1. The van der Waals surface area contributed by atoms with Crippen LogP contribution in [-0.4, -0.2) is 15.9 Å². The predicted molar refractivity (Wildman–Crippen MR) is 105 cm³/mol. The van der Waals surface area contributed by atoms with Crippen LogP contribution < -0.4 is 11.1 Å². The van der Waals surface area contributed by atoms with Crippen molar-refractivity contribution in [2.24, 2.45) is 5.73 Å². The number of hydrogen-bond donors (Lipinski definition) is 2. The van der Waals surface area contributed by atoms with Crippen molar-refractivity contribution in [3.8, 4) is 10.6 Å². The fourth-order valence-corrected chi connectivity index (χ4v) is 4.54. The van der Waals surface area contributed by atoms with Crippen LogP contribution in [0.25, 0.3) is 10.6 Å². The van der Waals surface area contributed by atoms with E-state index in [4.69, 9.17) is 22.3 Å². The number of fused-ring (bicyclic) bond motifs is 1. The second-order valence-electron chi connectivity index (χ2n) is 6.34. The van der Waals surface area contributed by atoms with Gasteiger partial charge in [-0.3, -0.25) is 4.79 Å². The molecule has 1 amide bonds. The van der Waals surface area contributed by atoms with Gasteiger partial charge in [0.1, 0.15) is 16.6 Å². The second kappa shape index (κ2) is 7.25.